The number of hydrogen-bond acceptors (Lipinski definition) is 5. The van der Waals surface area contributed by atoms with Gasteiger partial charge in [0.2, 0.25) is 11.8 Å². The van der Waals surface area contributed by atoms with E-state index < -0.39 is 17.7 Å². The first-order chi connectivity index (χ1) is 14.4. The minimum absolute atomic E-state index is 0.0199. The smallest absolute Gasteiger partial charge is 0.222 e. The topological polar surface area (TPSA) is 88.1 Å². The lowest BCUT2D eigenvalue weighted by atomic mass is 9.94. The zero-order valence-corrected chi connectivity index (χ0v) is 17.0. The zero-order valence-electron chi connectivity index (χ0n) is 17.0. The van der Waals surface area contributed by atoms with E-state index in [4.69, 9.17) is 9.47 Å². The third-order valence-corrected chi connectivity index (χ3v) is 5.43. The maximum absolute atomic E-state index is 13.3. The maximum atomic E-state index is 13.3. The predicted molar refractivity (Wildman–Crippen MR) is 103 cm³/mol. The molecule has 0 unspecified atom stereocenters. The standard InChI is InChI=1S/C21H28F2N2O5/c1-2-21(28)25-10-16(26)11-29-12-19-18(25)4-3-17(30-19)8-20(27)24-9-13-5-14(22)7-15(23)6-13/h5-7,16-19,26H,2-4,8-12H2,1H3,(H,24,27)/t16-,17+,18-,19+/m0/s1. The van der Waals surface area contributed by atoms with Crippen LogP contribution in [0, 0.1) is 11.6 Å². The number of halogens is 2. The van der Waals surface area contributed by atoms with Crippen molar-refractivity contribution in [2.45, 2.75) is 63.5 Å². The molecule has 3 rings (SSSR count). The molecule has 2 aliphatic rings. The number of aliphatic hydroxyl groups excluding tert-OH is 1. The van der Waals surface area contributed by atoms with Gasteiger partial charge in [-0.1, -0.05) is 6.92 Å². The van der Waals surface area contributed by atoms with Gasteiger partial charge < -0.3 is 24.8 Å². The van der Waals surface area contributed by atoms with E-state index in [9.17, 15) is 23.5 Å². The summed E-state index contributed by atoms with van der Waals surface area (Å²) in [5, 5.41) is 12.7. The summed E-state index contributed by atoms with van der Waals surface area (Å²) in [4.78, 5) is 26.3. The van der Waals surface area contributed by atoms with Gasteiger partial charge in [-0.25, -0.2) is 8.78 Å². The van der Waals surface area contributed by atoms with E-state index in [0.717, 1.165) is 6.07 Å². The van der Waals surface area contributed by atoms with Crippen molar-refractivity contribution in [2.24, 2.45) is 0 Å². The van der Waals surface area contributed by atoms with E-state index in [1.54, 1.807) is 11.8 Å². The average molecular weight is 426 g/mol. The van der Waals surface area contributed by atoms with Gasteiger partial charge in [0.05, 0.1) is 37.9 Å². The van der Waals surface area contributed by atoms with Crippen molar-refractivity contribution in [3.63, 3.8) is 0 Å². The molecule has 1 aromatic rings. The number of nitrogens with zero attached hydrogens (tertiary/aromatic N) is 1. The first kappa shape index (κ1) is 22.6. The molecule has 166 valence electrons. The molecular weight excluding hydrogens is 398 g/mol. The molecule has 2 N–H and O–H groups in total. The Kier molecular flexibility index (Phi) is 7.74. The zero-order chi connectivity index (χ0) is 21.7. The number of nitrogens with one attached hydrogen (secondary N) is 1. The molecule has 2 amide bonds. The number of ether oxygens (including phenoxy) is 2. The highest BCUT2D eigenvalue weighted by atomic mass is 19.1. The number of β-amino-alcohol motifs (C(OH)–C–C–N with tert-alkyl or cyclic N) is 1. The number of carbonyl (C=O) groups excluding carboxylic acids is 2. The summed E-state index contributed by atoms with van der Waals surface area (Å²) < 4.78 is 38.1. The second kappa shape index (κ2) is 10.3. The fraction of sp³-hybridized carbons (Fsp3) is 0.619. The van der Waals surface area contributed by atoms with Crippen molar-refractivity contribution in [3.8, 4) is 0 Å². The van der Waals surface area contributed by atoms with Gasteiger partial charge in [-0.05, 0) is 30.5 Å². The molecule has 0 aliphatic carbocycles. The summed E-state index contributed by atoms with van der Waals surface area (Å²) in [6, 6.07) is 2.91. The Labute approximate surface area is 174 Å². The second-order valence-electron chi connectivity index (χ2n) is 7.79. The van der Waals surface area contributed by atoms with Crippen LogP contribution in [0.25, 0.3) is 0 Å². The number of rotatable bonds is 5. The van der Waals surface area contributed by atoms with Gasteiger partial charge in [-0.15, -0.1) is 0 Å². The molecular formula is C21H28F2N2O5. The average Bonchev–Trinajstić information content (AvgIpc) is 2.68. The van der Waals surface area contributed by atoms with Crippen LogP contribution in [0.5, 0.6) is 0 Å². The normalized spacial score (nSPS) is 27.0. The lowest BCUT2D eigenvalue weighted by Crippen LogP contribution is -2.57. The summed E-state index contributed by atoms with van der Waals surface area (Å²) in [5.74, 6) is -1.72. The lowest BCUT2D eigenvalue weighted by molar-refractivity contribution is -0.169. The van der Waals surface area contributed by atoms with Crippen molar-refractivity contribution >= 4 is 11.8 Å². The predicted octanol–water partition coefficient (Wildman–Crippen LogP) is 1.52. The van der Waals surface area contributed by atoms with Crippen LogP contribution >= 0.6 is 0 Å². The fourth-order valence-electron chi connectivity index (χ4n) is 4.02. The molecule has 0 saturated carbocycles. The number of hydrogen-bond donors (Lipinski definition) is 2. The first-order valence-corrected chi connectivity index (χ1v) is 10.3. The van der Waals surface area contributed by atoms with Gasteiger partial charge in [0, 0.05) is 25.6 Å². The number of aliphatic hydroxyl groups is 1. The summed E-state index contributed by atoms with van der Waals surface area (Å²) in [6.45, 7) is 2.35. The molecule has 30 heavy (non-hydrogen) atoms. The van der Waals surface area contributed by atoms with E-state index in [-0.39, 0.29) is 62.8 Å². The van der Waals surface area contributed by atoms with Crippen LogP contribution in [0.2, 0.25) is 0 Å². The van der Waals surface area contributed by atoms with Crippen LogP contribution in [-0.2, 0) is 25.6 Å². The molecule has 2 saturated heterocycles. The number of benzene rings is 1. The highest BCUT2D eigenvalue weighted by Crippen LogP contribution is 2.28. The summed E-state index contributed by atoms with van der Waals surface area (Å²) >= 11 is 0. The van der Waals surface area contributed by atoms with Gasteiger partial charge in [-0.2, -0.15) is 0 Å². The van der Waals surface area contributed by atoms with Crippen molar-refractivity contribution in [1.82, 2.24) is 10.2 Å². The summed E-state index contributed by atoms with van der Waals surface area (Å²) in [5.41, 5.74) is 0.339. The van der Waals surface area contributed by atoms with E-state index in [0.29, 0.717) is 24.8 Å². The molecule has 0 aromatic heterocycles. The third-order valence-electron chi connectivity index (χ3n) is 5.43. The monoisotopic (exact) mass is 426 g/mol. The largest absolute Gasteiger partial charge is 0.389 e. The Bertz CT molecular complexity index is 743. The van der Waals surface area contributed by atoms with E-state index in [1.807, 2.05) is 0 Å². The molecule has 2 heterocycles. The Morgan fingerprint density at radius 1 is 1.20 bits per heavy atom. The molecule has 0 bridgehead atoms. The van der Waals surface area contributed by atoms with Crippen molar-refractivity contribution < 1.29 is 33.0 Å². The minimum atomic E-state index is -0.738. The van der Waals surface area contributed by atoms with Crippen LogP contribution < -0.4 is 5.32 Å². The Balaban J connectivity index is 1.55. The molecule has 2 fully saturated rings. The van der Waals surface area contributed by atoms with Gasteiger partial charge >= 0.3 is 0 Å². The van der Waals surface area contributed by atoms with Crippen LogP contribution in [-0.4, -0.2) is 65.9 Å². The van der Waals surface area contributed by atoms with Crippen LogP contribution in [0.3, 0.4) is 0 Å². The quantitative estimate of drug-likeness (QED) is 0.746. The fourth-order valence-corrected chi connectivity index (χ4v) is 4.02. The molecule has 0 radical (unpaired) electrons. The molecule has 2 aliphatic heterocycles. The Morgan fingerprint density at radius 2 is 1.93 bits per heavy atom. The minimum Gasteiger partial charge on any atom is -0.389 e. The van der Waals surface area contributed by atoms with Gasteiger partial charge in [0.25, 0.3) is 0 Å². The second-order valence-corrected chi connectivity index (χ2v) is 7.79. The molecule has 0 spiro atoms. The van der Waals surface area contributed by atoms with Crippen molar-refractivity contribution in [1.29, 1.82) is 0 Å². The van der Waals surface area contributed by atoms with Gasteiger partial charge in [0.1, 0.15) is 17.7 Å². The first-order valence-electron chi connectivity index (χ1n) is 10.3. The van der Waals surface area contributed by atoms with Crippen LogP contribution in [0.15, 0.2) is 18.2 Å². The van der Waals surface area contributed by atoms with Crippen molar-refractivity contribution in [3.05, 3.63) is 35.4 Å². The Morgan fingerprint density at radius 3 is 2.63 bits per heavy atom. The lowest BCUT2D eigenvalue weighted by Gasteiger charge is -2.44. The van der Waals surface area contributed by atoms with Crippen LogP contribution in [0.1, 0.15) is 38.2 Å². The highest BCUT2D eigenvalue weighted by molar-refractivity contribution is 5.77. The van der Waals surface area contributed by atoms with Crippen LogP contribution in [0.4, 0.5) is 8.78 Å². The summed E-state index contributed by atoms with van der Waals surface area (Å²) in [7, 11) is 0. The molecule has 7 nitrogen and oxygen atoms in total. The van der Waals surface area contributed by atoms with Crippen molar-refractivity contribution in [2.75, 3.05) is 19.8 Å². The van der Waals surface area contributed by atoms with E-state index >= 15 is 0 Å². The van der Waals surface area contributed by atoms with E-state index in [2.05, 4.69) is 5.32 Å². The molecule has 4 atom stereocenters. The van der Waals surface area contributed by atoms with Gasteiger partial charge in [-0.3, -0.25) is 9.59 Å². The van der Waals surface area contributed by atoms with E-state index in [1.165, 1.54) is 12.1 Å². The number of fused-ring (bicyclic) bond motifs is 1. The number of amides is 2. The molecule has 1 aromatic carbocycles. The number of carbonyl (C=O) groups is 2. The highest BCUT2D eigenvalue weighted by Gasteiger charge is 2.39. The summed E-state index contributed by atoms with van der Waals surface area (Å²) in [6.07, 6.45) is 0.192. The third kappa shape index (κ3) is 5.96. The SMILES string of the molecule is CCC(=O)N1C[C@H](O)COC[C@H]2O[C@@H](CC(=O)NCc3cc(F)cc(F)c3)CC[C@@H]21. The van der Waals surface area contributed by atoms with Gasteiger partial charge in [0.15, 0.2) is 0 Å². The Hall–Kier alpha value is -2.10. The molecule has 9 heteroatoms. The maximum Gasteiger partial charge on any atom is 0.222 e.